The molecule has 0 spiro atoms. The van der Waals surface area contributed by atoms with Crippen molar-refractivity contribution in [3.63, 3.8) is 0 Å². The minimum absolute atomic E-state index is 0. The van der Waals surface area contributed by atoms with Gasteiger partial charge in [-0.15, -0.1) is 6.54 Å². The van der Waals surface area contributed by atoms with Gasteiger partial charge in [-0.05, 0) is 42.8 Å². The molecule has 2 N–H and O–H groups in total. The molecule has 1 saturated carbocycles. The maximum atomic E-state index is 7.45. The van der Waals surface area contributed by atoms with Crippen LogP contribution in [0.3, 0.4) is 0 Å². The molecule has 0 aromatic heterocycles. The van der Waals surface area contributed by atoms with E-state index in [0.717, 1.165) is 25.1 Å². The number of hydrogen-bond donors (Lipinski definition) is 1. The molecule has 2 aromatic rings. The summed E-state index contributed by atoms with van der Waals surface area (Å²) in [5.41, 5.74) is 10.1. The molecule has 0 amide bonds. The van der Waals surface area contributed by atoms with Crippen molar-refractivity contribution in [1.82, 2.24) is 4.90 Å². The van der Waals surface area contributed by atoms with Crippen LogP contribution in [0.1, 0.15) is 30.4 Å². The molecule has 1 aliphatic heterocycles. The van der Waals surface area contributed by atoms with E-state index < -0.39 is 0 Å². The Hall–Kier alpha value is -0.702. The fourth-order valence-electron chi connectivity index (χ4n) is 2.36. The molecular weight excluding hydrogens is 516 g/mol. The SMILES string of the molecule is C1CC1.CN1Cc2ccc(Cl)cc2CC1C[NH-].CO.[W].c1ccccc1. The fourth-order valence-corrected chi connectivity index (χ4v) is 2.55. The normalized spacial score (nSPS) is 16.7. The van der Waals surface area contributed by atoms with Crippen LogP contribution in [0.2, 0.25) is 5.02 Å². The predicted octanol–water partition coefficient (Wildman–Crippen LogP) is 5.21. The van der Waals surface area contributed by atoms with Gasteiger partial charge in [0.15, 0.2) is 0 Å². The molecule has 1 aliphatic carbocycles. The van der Waals surface area contributed by atoms with Gasteiger partial charge < -0.3 is 15.7 Å². The third kappa shape index (κ3) is 10.4. The molecule has 1 unspecified atom stereocenters. The van der Waals surface area contributed by atoms with Gasteiger partial charge in [0.05, 0.1) is 0 Å². The number of rotatable bonds is 1. The average molecular weight is 546 g/mol. The molecule has 144 valence electrons. The van der Waals surface area contributed by atoms with Crippen molar-refractivity contribution in [3.05, 3.63) is 76.5 Å². The van der Waals surface area contributed by atoms with Crippen molar-refractivity contribution < 1.29 is 26.2 Å². The van der Waals surface area contributed by atoms with Crippen molar-refractivity contribution in [1.29, 1.82) is 0 Å². The van der Waals surface area contributed by atoms with E-state index in [0.29, 0.717) is 12.6 Å². The molecule has 2 aromatic carbocycles. The molecule has 1 atom stereocenters. The van der Waals surface area contributed by atoms with Crippen LogP contribution in [0.25, 0.3) is 5.73 Å². The van der Waals surface area contributed by atoms with Crippen LogP contribution in [0, 0.1) is 0 Å². The molecule has 1 heterocycles. The second-order valence-corrected chi connectivity index (χ2v) is 6.54. The first-order valence-electron chi connectivity index (χ1n) is 8.77. The van der Waals surface area contributed by atoms with Gasteiger partial charge in [-0.25, -0.2) is 0 Å². The minimum atomic E-state index is 0. The Bertz CT molecular complexity index is 552. The first kappa shape index (κ1) is 25.3. The summed E-state index contributed by atoms with van der Waals surface area (Å²) in [6, 6.07) is 18.4. The zero-order valence-corrected chi connectivity index (χ0v) is 19.4. The van der Waals surface area contributed by atoms with E-state index in [1.54, 1.807) is 0 Å². The number of hydrogen-bond acceptors (Lipinski definition) is 2. The molecular formula is C21H30ClN2OW-. The summed E-state index contributed by atoms with van der Waals surface area (Å²) in [5.74, 6) is 0. The Balaban J connectivity index is 0.000000431. The van der Waals surface area contributed by atoms with Crippen LogP contribution in [0.15, 0.2) is 54.6 Å². The van der Waals surface area contributed by atoms with Gasteiger partial charge >= 0.3 is 0 Å². The molecule has 0 saturated heterocycles. The smallest absolute Gasteiger partial charge is 0.0408 e. The van der Waals surface area contributed by atoms with Crippen molar-refractivity contribution in [3.8, 4) is 0 Å². The van der Waals surface area contributed by atoms with Crippen molar-refractivity contribution >= 4 is 11.6 Å². The maximum Gasteiger partial charge on any atom is 0.0408 e. The number of halogens is 1. The zero-order valence-electron chi connectivity index (χ0n) is 15.7. The van der Waals surface area contributed by atoms with Crippen molar-refractivity contribution in [2.75, 3.05) is 20.7 Å². The number of aliphatic hydroxyl groups excluding tert-OH is 1. The van der Waals surface area contributed by atoms with Gasteiger partial charge in [0.1, 0.15) is 0 Å². The summed E-state index contributed by atoms with van der Waals surface area (Å²) in [6.07, 6.45) is 5.45. The number of fused-ring (bicyclic) bond motifs is 1. The summed E-state index contributed by atoms with van der Waals surface area (Å²) < 4.78 is 0. The van der Waals surface area contributed by atoms with Crippen molar-refractivity contribution in [2.24, 2.45) is 0 Å². The van der Waals surface area contributed by atoms with Gasteiger partial charge in [-0.3, -0.25) is 0 Å². The van der Waals surface area contributed by atoms with E-state index in [1.165, 1.54) is 30.4 Å². The topological polar surface area (TPSA) is 47.3 Å². The first-order chi connectivity index (χ1) is 12.2. The summed E-state index contributed by atoms with van der Waals surface area (Å²) >= 11 is 5.94. The number of likely N-dealkylation sites (N-methyl/N-ethyl adjacent to an activating group) is 1. The number of nitrogens with zero attached hydrogens (tertiary/aromatic N) is 1. The van der Waals surface area contributed by atoms with Crippen LogP contribution in [0.5, 0.6) is 0 Å². The average Bonchev–Trinajstić information content (AvgIpc) is 3.54. The Morgan fingerprint density at radius 1 is 1.00 bits per heavy atom. The van der Waals surface area contributed by atoms with E-state index in [1.807, 2.05) is 48.5 Å². The Morgan fingerprint density at radius 3 is 1.92 bits per heavy atom. The van der Waals surface area contributed by atoms with E-state index in [4.69, 9.17) is 22.4 Å². The maximum absolute atomic E-state index is 7.45. The molecule has 0 bridgehead atoms. The summed E-state index contributed by atoms with van der Waals surface area (Å²) in [6.45, 7) is 1.40. The molecule has 5 heteroatoms. The van der Waals surface area contributed by atoms with Crippen LogP contribution in [-0.2, 0) is 34.0 Å². The summed E-state index contributed by atoms with van der Waals surface area (Å²) in [5, 5.41) is 7.80. The largest absolute Gasteiger partial charge is 0.676 e. The zero-order chi connectivity index (χ0) is 18.5. The molecule has 26 heavy (non-hydrogen) atoms. The molecule has 4 rings (SSSR count). The predicted molar refractivity (Wildman–Crippen MR) is 108 cm³/mol. The third-order valence-electron chi connectivity index (χ3n) is 3.92. The van der Waals surface area contributed by atoms with Gasteiger partial charge in [-0.2, -0.15) is 0 Å². The standard InChI is InChI=1S/C11H14ClN2.C6H6.C3H6.CH4O.W/c1-14-7-8-2-3-10(12)4-9(8)5-11(14)6-13;1-2-4-6-5-3-1;1-2-3-1;1-2;/h2-4,11,13H,5-7H2,1H3;1-6H;1-3H2;2H,1H3;/q-1;;;;. The number of nitrogens with one attached hydrogen (secondary N) is 1. The van der Waals surface area contributed by atoms with Crippen LogP contribution < -0.4 is 0 Å². The first-order valence-corrected chi connectivity index (χ1v) is 9.15. The van der Waals surface area contributed by atoms with Crippen LogP contribution in [-0.4, -0.2) is 36.8 Å². The summed E-state index contributed by atoms with van der Waals surface area (Å²) in [4.78, 5) is 2.24. The number of benzene rings is 2. The molecule has 2 aliphatic rings. The van der Waals surface area contributed by atoms with E-state index >= 15 is 0 Å². The fraction of sp³-hybridized carbons (Fsp3) is 0.429. The quantitative estimate of drug-likeness (QED) is 0.535. The van der Waals surface area contributed by atoms with Crippen LogP contribution in [0.4, 0.5) is 0 Å². The Kier molecular flexibility index (Phi) is 15.0. The van der Waals surface area contributed by atoms with E-state index in [9.17, 15) is 0 Å². The van der Waals surface area contributed by atoms with E-state index in [-0.39, 0.29) is 21.1 Å². The second kappa shape index (κ2) is 15.4. The summed E-state index contributed by atoms with van der Waals surface area (Å²) in [7, 11) is 3.08. The Labute approximate surface area is 177 Å². The van der Waals surface area contributed by atoms with Gasteiger partial charge in [0.2, 0.25) is 0 Å². The van der Waals surface area contributed by atoms with Crippen LogP contribution >= 0.6 is 11.6 Å². The molecule has 0 radical (unpaired) electrons. The van der Waals surface area contributed by atoms with Gasteiger partial charge in [0, 0.05) is 39.7 Å². The minimum Gasteiger partial charge on any atom is -0.676 e. The monoisotopic (exact) mass is 545 g/mol. The third-order valence-corrected chi connectivity index (χ3v) is 4.16. The van der Waals surface area contributed by atoms with Crippen molar-refractivity contribution in [2.45, 2.75) is 38.3 Å². The second-order valence-electron chi connectivity index (χ2n) is 6.11. The Morgan fingerprint density at radius 2 is 1.50 bits per heavy atom. The molecule has 1 fully saturated rings. The number of aliphatic hydroxyl groups is 1. The van der Waals surface area contributed by atoms with Gasteiger partial charge in [0.25, 0.3) is 0 Å². The molecule has 3 nitrogen and oxygen atoms in total. The van der Waals surface area contributed by atoms with Gasteiger partial charge in [-0.1, -0.05) is 73.3 Å². The van der Waals surface area contributed by atoms with E-state index in [2.05, 4.69) is 18.0 Å².